The van der Waals surface area contributed by atoms with Crippen LogP contribution in [0.3, 0.4) is 0 Å². The molecule has 0 saturated carbocycles. The van der Waals surface area contributed by atoms with Crippen LogP contribution in [0.15, 0.2) is 36.5 Å². The summed E-state index contributed by atoms with van der Waals surface area (Å²) < 4.78 is 1.91. The van der Waals surface area contributed by atoms with Gasteiger partial charge in [0.05, 0.1) is 24.9 Å². The SMILES string of the molecule is CCc1ccc(C(=O)N2Cc3ccnn3CC[C@H]2CO)cc1. The standard InChI is InChI=1S/C17H21N3O2/c1-2-13-3-5-14(6-4-13)17(22)19-11-15-7-9-18-20(15)10-8-16(19)12-21/h3-7,9,16,21H,2,8,10-12H2,1H3/t16-/m0/s1. The average molecular weight is 299 g/mol. The second-order valence-corrected chi connectivity index (χ2v) is 5.65. The first-order valence-electron chi connectivity index (χ1n) is 7.74. The van der Waals surface area contributed by atoms with Crippen LogP contribution < -0.4 is 0 Å². The zero-order chi connectivity index (χ0) is 15.5. The van der Waals surface area contributed by atoms with E-state index < -0.39 is 0 Å². The minimum atomic E-state index is -0.167. The molecule has 1 aromatic carbocycles. The van der Waals surface area contributed by atoms with Gasteiger partial charge < -0.3 is 10.0 Å². The quantitative estimate of drug-likeness (QED) is 0.941. The lowest BCUT2D eigenvalue weighted by molar-refractivity contribution is 0.0568. The number of carbonyl (C=O) groups is 1. The van der Waals surface area contributed by atoms with Gasteiger partial charge in [-0.25, -0.2) is 0 Å². The number of aryl methyl sites for hydroxylation is 2. The molecule has 1 atom stereocenters. The van der Waals surface area contributed by atoms with E-state index in [4.69, 9.17) is 0 Å². The summed E-state index contributed by atoms with van der Waals surface area (Å²) in [5, 5.41) is 13.9. The Bertz CT molecular complexity index is 648. The third-order valence-corrected chi connectivity index (χ3v) is 4.33. The largest absolute Gasteiger partial charge is 0.394 e. The van der Waals surface area contributed by atoms with Crippen LogP contribution in [0.2, 0.25) is 0 Å². The van der Waals surface area contributed by atoms with Crippen LogP contribution >= 0.6 is 0 Å². The van der Waals surface area contributed by atoms with E-state index in [9.17, 15) is 9.90 Å². The third kappa shape index (κ3) is 2.76. The minimum absolute atomic E-state index is 0.0242. The molecule has 0 fully saturated rings. The van der Waals surface area contributed by atoms with Crippen LogP contribution in [-0.4, -0.2) is 38.3 Å². The van der Waals surface area contributed by atoms with E-state index in [2.05, 4.69) is 12.0 Å². The molecule has 3 rings (SSSR count). The first-order chi connectivity index (χ1) is 10.7. The van der Waals surface area contributed by atoms with Crippen molar-refractivity contribution in [3.05, 3.63) is 53.3 Å². The second-order valence-electron chi connectivity index (χ2n) is 5.65. The van der Waals surface area contributed by atoms with Crippen molar-refractivity contribution in [3.8, 4) is 0 Å². The van der Waals surface area contributed by atoms with Crippen molar-refractivity contribution >= 4 is 5.91 Å². The fraction of sp³-hybridized carbons (Fsp3) is 0.412. The molecule has 1 N–H and O–H groups in total. The van der Waals surface area contributed by atoms with E-state index in [1.165, 1.54) is 5.56 Å². The Morgan fingerprint density at radius 3 is 2.77 bits per heavy atom. The Morgan fingerprint density at radius 2 is 2.09 bits per heavy atom. The lowest BCUT2D eigenvalue weighted by Gasteiger charge is -2.28. The topological polar surface area (TPSA) is 58.4 Å². The van der Waals surface area contributed by atoms with Crippen LogP contribution in [-0.2, 0) is 19.5 Å². The van der Waals surface area contributed by atoms with Crippen LogP contribution in [0.5, 0.6) is 0 Å². The fourth-order valence-corrected chi connectivity index (χ4v) is 2.90. The lowest BCUT2D eigenvalue weighted by Crippen LogP contribution is -2.41. The van der Waals surface area contributed by atoms with E-state index >= 15 is 0 Å². The zero-order valence-electron chi connectivity index (χ0n) is 12.8. The lowest BCUT2D eigenvalue weighted by atomic mass is 10.1. The van der Waals surface area contributed by atoms with Crippen molar-refractivity contribution in [2.45, 2.75) is 38.9 Å². The van der Waals surface area contributed by atoms with Gasteiger partial charge in [-0.2, -0.15) is 5.10 Å². The third-order valence-electron chi connectivity index (χ3n) is 4.33. The molecule has 2 aromatic rings. The van der Waals surface area contributed by atoms with Crippen molar-refractivity contribution in [3.63, 3.8) is 0 Å². The van der Waals surface area contributed by atoms with Crippen LogP contribution in [0, 0.1) is 0 Å². The number of benzene rings is 1. The van der Waals surface area contributed by atoms with Gasteiger partial charge in [0.25, 0.3) is 5.91 Å². The predicted molar refractivity (Wildman–Crippen MR) is 83.4 cm³/mol. The van der Waals surface area contributed by atoms with E-state index in [-0.39, 0.29) is 18.6 Å². The highest BCUT2D eigenvalue weighted by Gasteiger charge is 2.28. The number of hydrogen-bond donors (Lipinski definition) is 1. The molecule has 1 aliphatic rings. The van der Waals surface area contributed by atoms with Crippen molar-refractivity contribution in [2.75, 3.05) is 6.61 Å². The van der Waals surface area contributed by atoms with E-state index in [0.29, 0.717) is 18.5 Å². The van der Waals surface area contributed by atoms with Gasteiger partial charge in [0, 0.05) is 18.3 Å². The summed E-state index contributed by atoms with van der Waals surface area (Å²) in [4.78, 5) is 14.6. The molecular formula is C17H21N3O2. The summed E-state index contributed by atoms with van der Waals surface area (Å²) in [5.74, 6) is -0.0312. The van der Waals surface area contributed by atoms with Gasteiger partial charge in [0.15, 0.2) is 0 Å². The fourth-order valence-electron chi connectivity index (χ4n) is 2.90. The summed E-state index contributed by atoms with van der Waals surface area (Å²) in [6, 6.07) is 9.49. The molecule has 0 bridgehead atoms. The second kappa shape index (κ2) is 6.32. The van der Waals surface area contributed by atoms with Gasteiger partial charge in [0.2, 0.25) is 0 Å². The molecule has 5 heteroatoms. The van der Waals surface area contributed by atoms with Gasteiger partial charge in [0.1, 0.15) is 0 Å². The number of amides is 1. The highest BCUT2D eigenvalue weighted by atomic mass is 16.3. The Labute approximate surface area is 130 Å². The van der Waals surface area contributed by atoms with Gasteiger partial charge in [-0.1, -0.05) is 19.1 Å². The van der Waals surface area contributed by atoms with Crippen molar-refractivity contribution < 1.29 is 9.90 Å². The average Bonchev–Trinajstić information content (AvgIpc) is 2.93. The smallest absolute Gasteiger partial charge is 0.254 e. The molecule has 1 amide bonds. The van der Waals surface area contributed by atoms with E-state index in [0.717, 1.165) is 18.7 Å². The van der Waals surface area contributed by atoms with Crippen LogP contribution in [0.1, 0.15) is 35.0 Å². The minimum Gasteiger partial charge on any atom is -0.394 e. The molecule has 0 aliphatic carbocycles. The van der Waals surface area contributed by atoms with Crippen LogP contribution in [0.4, 0.5) is 0 Å². The Hall–Kier alpha value is -2.14. The van der Waals surface area contributed by atoms with Crippen molar-refractivity contribution in [1.82, 2.24) is 14.7 Å². The number of nitrogens with zero attached hydrogens (tertiary/aromatic N) is 3. The van der Waals surface area contributed by atoms with Gasteiger partial charge >= 0.3 is 0 Å². The molecule has 116 valence electrons. The Morgan fingerprint density at radius 1 is 1.32 bits per heavy atom. The highest BCUT2D eigenvalue weighted by Crippen LogP contribution is 2.20. The molecular weight excluding hydrogens is 278 g/mol. The molecule has 0 unspecified atom stereocenters. The van der Waals surface area contributed by atoms with Gasteiger partial charge in [-0.15, -0.1) is 0 Å². The number of fused-ring (bicyclic) bond motifs is 1. The maximum absolute atomic E-state index is 12.8. The Kier molecular flexibility index (Phi) is 4.24. The van der Waals surface area contributed by atoms with Crippen LogP contribution in [0.25, 0.3) is 0 Å². The normalized spacial score (nSPS) is 17.9. The summed E-state index contributed by atoms with van der Waals surface area (Å²) in [6.07, 6.45) is 3.42. The summed E-state index contributed by atoms with van der Waals surface area (Å²) >= 11 is 0. The molecule has 0 radical (unpaired) electrons. The summed E-state index contributed by atoms with van der Waals surface area (Å²) in [7, 11) is 0. The number of aliphatic hydroxyl groups excluding tert-OH is 1. The maximum Gasteiger partial charge on any atom is 0.254 e. The number of hydrogen-bond acceptors (Lipinski definition) is 3. The zero-order valence-corrected chi connectivity index (χ0v) is 12.8. The molecule has 22 heavy (non-hydrogen) atoms. The number of aliphatic hydroxyl groups is 1. The first kappa shape index (κ1) is 14.8. The first-order valence-corrected chi connectivity index (χ1v) is 7.74. The Balaban J connectivity index is 1.87. The maximum atomic E-state index is 12.8. The molecule has 2 heterocycles. The van der Waals surface area contributed by atoms with Gasteiger partial charge in [-0.3, -0.25) is 9.48 Å². The molecule has 1 aromatic heterocycles. The molecule has 5 nitrogen and oxygen atoms in total. The number of rotatable bonds is 3. The molecule has 0 saturated heterocycles. The molecule has 1 aliphatic heterocycles. The predicted octanol–water partition coefficient (Wildman–Crippen LogP) is 1.85. The summed E-state index contributed by atoms with van der Waals surface area (Å²) in [6.45, 7) is 3.28. The molecule has 0 spiro atoms. The number of aromatic nitrogens is 2. The monoisotopic (exact) mass is 299 g/mol. The van der Waals surface area contributed by atoms with E-state index in [1.54, 1.807) is 11.1 Å². The highest BCUT2D eigenvalue weighted by molar-refractivity contribution is 5.94. The summed E-state index contributed by atoms with van der Waals surface area (Å²) in [5.41, 5.74) is 2.89. The van der Waals surface area contributed by atoms with Crippen molar-refractivity contribution in [1.29, 1.82) is 0 Å². The number of carbonyl (C=O) groups excluding carboxylic acids is 1. The van der Waals surface area contributed by atoms with E-state index in [1.807, 2.05) is 35.0 Å². The van der Waals surface area contributed by atoms with Gasteiger partial charge in [-0.05, 0) is 36.6 Å². The van der Waals surface area contributed by atoms with Crippen molar-refractivity contribution in [2.24, 2.45) is 0 Å².